The average molecular weight is 196 g/mol. The fourth-order valence-electron chi connectivity index (χ4n) is 0.943. The Labute approximate surface area is 84.1 Å². The summed E-state index contributed by atoms with van der Waals surface area (Å²) in [6, 6.07) is 1.84. The molecule has 1 aromatic rings. The van der Waals surface area contributed by atoms with Crippen molar-refractivity contribution in [3.05, 3.63) is 12.3 Å². The van der Waals surface area contributed by atoms with Gasteiger partial charge in [0.2, 0.25) is 5.95 Å². The van der Waals surface area contributed by atoms with Crippen LogP contribution in [0.4, 0.5) is 11.8 Å². The smallest absolute Gasteiger partial charge is 0.226 e. The molecule has 0 aliphatic carbocycles. The number of hydrogen-bond donors (Lipinski definition) is 1. The van der Waals surface area contributed by atoms with Crippen molar-refractivity contribution in [2.24, 2.45) is 0 Å². The van der Waals surface area contributed by atoms with Crippen LogP contribution >= 0.6 is 0 Å². The zero-order valence-corrected chi connectivity index (χ0v) is 8.82. The average Bonchev–Trinajstić information content (AvgIpc) is 2.19. The minimum Gasteiger partial charge on any atom is -0.383 e. The third-order valence-corrected chi connectivity index (χ3v) is 1.66. The number of nitrogens with zero attached hydrogens (tertiary/aromatic N) is 3. The number of hydrogen-bond acceptors (Lipinski definition) is 5. The van der Waals surface area contributed by atoms with Gasteiger partial charge in [0, 0.05) is 33.9 Å². The summed E-state index contributed by atoms with van der Waals surface area (Å²) in [6.45, 7) is 1.42. The fourth-order valence-corrected chi connectivity index (χ4v) is 0.943. The second-order valence-electron chi connectivity index (χ2n) is 3.06. The topological polar surface area (TPSA) is 50.3 Å². The van der Waals surface area contributed by atoms with E-state index in [4.69, 9.17) is 4.74 Å². The molecule has 0 spiro atoms. The highest BCUT2D eigenvalue weighted by atomic mass is 16.5. The number of aromatic nitrogens is 2. The molecule has 5 nitrogen and oxygen atoms in total. The second kappa shape index (κ2) is 5.39. The van der Waals surface area contributed by atoms with Gasteiger partial charge in [-0.3, -0.25) is 0 Å². The fraction of sp³-hybridized carbons (Fsp3) is 0.556. The molecule has 0 saturated carbocycles. The first kappa shape index (κ1) is 10.7. The Kier molecular flexibility index (Phi) is 4.12. The summed E-state index contributed by atoms with van der Waals surface area (Å²) >= 11 is 0. The Bertz CT molecular complexity index is 277. The van der Waals surface area contributed by atoms with Crippen molar-refractivity contribution in [1.29, 1.82) is 0 Å². The van der Waals surface area contributed by atoms with Gasteiger partial charge in [-0.15, -0.1) is 0 Å². The monoisotopic (exact) mass is 196 g/mol. The van der Waals surface area contributed by atoms with Gasteiger partial charge in [-0.25, -0.2) is 4.98 Å². The van der Waals surface area contributed by atoms with E-state index in [0.717, 1.165) is 12.4 Å². The predicted molar refractivity (Wildman–Crippen MR) is 56.7 cm³/mol. The largest absolute Gasteiger partial charge is 0.383 e. The first-order valence-electron chi connectivity index (χ1n) is 4.47. The Hall–Kier alpha value is -1.36. The number of nitrogens with one attached hydrogen (secondary N) is 1. The van der Waals surface area contributed by atoms with Gasteiger partial charge in [0.15, 0.2) is 0 Å². The van der Waals surface area contributed by atoms with Crippen LogP contribution < -0.4 is 10.2 Å². The molecule has 0 amide bonds. The Morgan fingerprint density at radius 3 is 2.93 bits per heavy atom. The lowest BCUT2D eigenvalue weighted by atomic mass is 10.5. The Morgan fingerprint density at radius 2 is 2.29 bits per heavy atom. The van der Waals surface area contributed by atoms with Crippen LogP contribution in [-0.2, 0) is 4.74 Å². The molecular formula is C9H16N4O. The molecule has 0 aliphatic rings. The predicted octanol–water partition coefficient (Wildman–Crippen LogP) is 0.601. The summed E-state index contributed by atoms with van der Waals surface area (Å²) in [5.74, 6) is 1.52. The molecular weight excluding hydrogens is 180 g/mol. The van der Waals surface area contributed by atoms with Crippen molar-refractivity contribution < 1.29 is 4.74 Å². The van der Waals surface area contributed by atoms with Gasteiger partial charge in [0.1, 0.15) is 5.82 Å². The molecule has 0 fully saturated rings. The molecule has 0 bridgehead atoms. The molecule has 1 rings (SSSR count). The molecule has 0 unspecified atom stereocenters. The molecule has 0 radical (unpaired) electrons. The van der Waals surface area contributed by atoms with E-state index in [1.165, 1.54) is 0 Å². The second-order valence-corrected chi connectivity index (χ2v) is 3.06. The maximum absolute atomic E-state index is 4.92. The molecule has 0 atom stereocenters. The van der Waals surface area contributed by atoms with E-state index in [1.807, 2.05) is 25.1 Å². The van der Waals surface area contributed by atoms with E-state index in [9.17, 15) is 0 Å². The lowest BCUT2D eigenvalue weighted by molar-refractivity contribution is 0.210. The summed E-state index contributed by atoms with van der Waals surface area (Å²) < 4.78 is 4.92. The molecule has 0 saturated heterocycles. The van der Waals surface area contributed by atoms with Gasteiger partial charge in [-0.1, -0.05) is 0 Å². The van der Waals surface area contributed by atoms with Crippen molar-refractivity contribution in [2.45, 2.75) is 0 Å². The van der Waals surface area contributed by atoms with Crippen molar-refractivity contribution in [3.8, 4) is 0 Å². The number of methoxy groups -OCH3 is 1. The molecule has 0 aromatic carbocycles. The Balaban J connectivity index is 2.55. The number of anilines is 2. The standard InChI is InChI=1S/C9H16N4O/c1-13(2)9-11-5-4-8(12-9)10-6-7-14-3/h4-5H,6-7H2,1-3H3,(H,10,11,12). The summed E-state index contributed by atoms with van der Waals surface area (Å²) in [7, 11) is 5.50. The summed E-state index contributed by atoms with van der Waals surface area (Å²) in [5, 5.41) is 3.14. The van der Waals surface area contributed by atoms with Crippen LogP contribution in [0.5, 0.6) is 0 Å². The van der Waals surface area contributed by atoms with Gasteiger partial charge in [0.25, 0.3) is 0 Å². The van der Waals surface area contributed by atoms with Gasteiger partial charge in [-0.05, 0) is 6.07 Å². The molecule has 1 N–H and O–H groups in total. The first-order valence-corrected chi connectivity index (χ1v) is 4.47. The van der Waals surface area contributed by atoms with Crippen LogP contribution in [0.25, 0.3) is 0 Å². The zero-order valence-electron chi connectivity index (χ0n) is 8.82. The third-order valence-electron chi connectivity index (χ3n) is 1.66. The van der Waals surface area contributed by atoms with Crippen LogP contribution in [0.1, 0.15) is 0 Å². The minimum absolute atomic E-state index is 0.668. The van der Waals surface area contributed by atoms with Crippen LogP contribution in [0, 0.1) is 0 Å². The van der Waals surface area contributed by atoms with Crippen LogP contribution in [0.3, 0.4) is 0 Å². The van der Waals surface area contributed by atoms with Crippen LogP contribution in [0.2, 0.25) is 0 Å². The maximum Gasteiger partial charge on any atom is 0.226 e. The van der Waals surface area contributed by atoms with E-state index in [1.54, 1.807) is 13.3 Å². The highest BCUT2D eigenvalue weighted by Crippen LogP contribution is 2.06. The van der Waals surface area contributed by atoms with E-state index in [2.05, 4.69) is 15.3 Å². The SMILES string of the molecule is COCCNc1ccnc(N(C)C)n1. The molecule has 14 heavy (non-hydrogen) atoms. The van der Waals surface area contributed by atoms with Crippen LogP contribution in [-0.4, -0.2) is 44.3 Å². The summed E-state index contributed by atoms with van der Waals surface area (Å²) in [6.07, 6.45) is 1.73. The lowest BCUT2D eigenvalue weighted by Gasteiger charge is -2.11. The Morgan fingerprint density at radius 1 is 1.50 bits per heavy atom. The van der Waals surface area contributed by atoms with Gasteiger partial charge < -0.3 is 15.0 Å². The highest BCUT2D eigenvalue weighted by molar-refractivity contribution is 5.40. The zero-order chi connectivity index (χ0) is 10.4. The first-order chi connectivity index (χ1) is 6.74. The van der Waals surface area contributed by atoms with E-state index < -0.39 is 0 Å². The van der Waals surface area contributed by atoms with Gasteiger partial charge in [0.05, 0.1) is 6.61 Å². The summed E-state index contributed by atoms with van der Waals surface area (Å²) in [4.78, 5) is 10.3. The third kappa shape index (κ3) is 3.18. The van der Waals surface area contributed by atoms with E-state index >= 15 is 0 Å². The van der Waals surface area contributed by atoms with Crippen molar-refractivity contribution in [2.75, 3.05) is 44.6 Å². The summed E-state index contributed by atoms with van der Waals surface area (Å²) in [5.41, 5.74) is 0. The van der Waals surface area contributed by atoms with Crippen molar-refractivity contribution in [1.82, 2.24) is 9.97 Å². The van der Waals surface area contributed by atoms with E-state index in [-0.39, 0.29) is 0 Å². The molecule has 0 aliphatic heterocycles. The molecule has 1 aromatic heterocycles. The van der Waals surface area contributed by atoms with Crippen LogP contribution in [0.15, 0.2) is 12.3 Å². The van der Waals surface area contributed by atoms with E-state index in [0.29, 0.717) is 12.6 Å². The van der Waals surface area contributed by atoms with Gasteiger partial charge in [-0.2, -0.15) is 4.98 Å². The minimum atomic E-state index is 0.668. The normalized spacial score (nSPS) is 9.93. The van der Waals surface area contributed by atoms with Crippen molar-refractivity contribution >= 4 is 11.8 Å². The lowest BCUT2D eigenvalue weighted by Crippen LogP contribution is -2.14. The maximum atomic E-state index is 4.92. The highest BCUT2D eigenvalue weighted by Gasteiger charge is 1.99. The molecule has 1 heterocycles. The number of rotatable bonds is 5. The number of ether oxygens (including phenoxy) is 1. The van der Waals surface area contributed by atoms with Gasteiger partial charge >= 0.3 is 0 Å². The quantitative estimate of drug-likeness (QED) is 0.699. The molecule has 5 heteroatoms. The van der Waals surface area contributed by atoms with Crippen molar-refractivity contribution in [3.63, 3.8) is 0 Å². The molecule has 78 valence electrons.